The lowest BCUT2D eigenvalue weighted by molar-refractivity contribution is -0.870. The summed E-state index contributed by atoms with van der Waals surface area (Å²) in [7, 11) is 1.41. The van der Waals surface area contributed by atoms with Gasteiger partial charge in [0.1, 0.15) is 19.8 Å². The fourth-order valence-corrected chi connectivity index (χ4v) is 7.36. The smallest absolute Gasteiger partial charge is 0.461 e. The number of hydrogen-bond acceptors (Lipinski definition) is 7. The lowest BCUT2D eigenvalue weighted by atomic mass is 10.0. The molecule has 0 saturated carbocycles. The second-order valence-corrected chi connectivity index (χ2v) is 20.0. The van der Waals surface area contributed by atoms with E-state index in [1.807, 2.05) is 33.3 Å². The third kappa shape index (κ3) is 53.5. The molecule has 0 heterocycles. The zero-order valence-electron chi connectivity index (χ0n) is 44.7. The number of esters is 2. The quantitative estimate of drug-likeness (QED) is 0.0211. The van der Waals surface area contributed by atoms with Gasteiger partial charge >= 0.3 is 19.8 Å². The Hall–Kier alpha value is -3.85. The maximum atomic E-state index is 12.8. The maximum absolute atomic E-state index is 12.8. The lowest BCUT2D eigenvalue weighted by Gasteiger charge is -2.24. The Morgan fingerprint density at radius 3 is 1.21 bits per heavy atom. The van der Waals surface area contributed by atoms with Crippen molar-refractivity contribution < 1.29 is 42.1 Å². The van der Waals surface area contributed by atoms with E-state index in [2.05, 4.69) is 129 Å². The Balaban J connectivity index is 4.24. The van der Waals surface area contributed by atoms with Crippen molar-refractivity contribution in [1.29, 1.82) is 0 Å². The van der Waals surface area contributed by atoms with Crippen LogP contribution in [0.15, 0.2) is 134 Å². The summed E-state index contributed by atoms with van der Waals surface area (Å²) in [6, 6.07) is 0. The summed E-state index contributed by atoms with van der Waals surface area (Å²) < 4.78 is 34.3. The van der Waals surface area contributed by atoms with Gasteiger partial charge in [0.2, 0.25) is 0 Å². The Kier molecular flexibility index (Phi) is 47.3. The summed E-state index contributed by atoms with van der Waals surface area (Å²) in [6.45, 7) is 4.06. The first-order chi connectivity index (χ1) is 34.0. The minimum Gasteiger partial charge on any atom is -0.461 e. The van der Waals surface area contributed by atoms with Gasteiger partial charge in [-0.05, 0) is 89.9 Å². The summed E-state index contributed by atoms with van der Waals surface area (Å²) in [5, 5.41) is 0. The molecule has 0 aliphatic rings. The fourth-order valence-electron chi connectivity index (χ4n) is 6.62. The van der Waals surface area contributed by atoms with Gasteiger partial charge in [0, 0.05) is 6.42 Å². The van der Waals surface area contributed by atoms with Crippen molar-refractivity contribution >= 4 is 19.8 Å². The summed E-state index contributed by atoms with van der Waals surface area (Å²) in [6.07, 6.45) is 72.7. The van der Waals surface area contributed by atoms with Gasteiger partial charge in [0.05, 0.1) is 34.2 Å². The highest BCUT2D eigenvalue weighted by Gasteiger charge is 2.27. The minimum atomic E-state index is -4.41. The first-order valence-electron chi connectivity index (χ1n) is 26.9. The summed E-state index contributed by atoms with van der Waals surface area (Å²) in [5.74, 6) is -0.958. The van der Waals surface area contributed by atoms with Gasteiger partial charge in [0.25, 0.3) is 0 Å². The SMILES string of the molecule is CC/C=C\C/C=C\C/C=C\C/C=C\C/C=C\C/C=C\CCCCCCCCCCCCCCC(=O)OC(COC(=O)C/C=C\C/C=C\C/C=C\C/C=C\C/C=C\CC)COP(=O)(O)OCC[N+](C)(C)C. The molecule has 10 heteroatoms. The van der Waals surface area contributed by atoms with Gasteiger partial charge in [-0.3, -0.25) is 18.6 Å². The predicted octanol–water partition coefficient (Wildman–Crippen LogP) is 16.6. The van der Waals surface area contributed by atoms with Gasteiger partial charge in [0.15, 0.2) is 6.10 Å². The molecule has 9 nitrogen and oxygen atoms in total. The van der Waals surface area contributed by atoms with Gasteiger partial charge in [-0.1, -0.05) is 212 Å². The number of quaternary nitrogens is 1. The molecular formula is C60H99NO8P+. The Morgan fingerprint density at radius 2 is 0.814 bits per heavy atom. The number of carbonyl (C=O) groups is 2. The number of phosphoric acid groups is 1. The van der Waals surface area contributed by atoms with Crippen molar-refractivity contribution in [3.63, 3.8) is 0 Å². The van der Waals surface area contributed by atoms with Crippen LogP contribution < -0.4 is 0 Å². The van der Waals surface area contributed by atoms with Crippen molar-refractivity contribution in [2.75, 3.05) is 47.5 Å². The molecule has 0 radical (unpaired) electrons. The largest absolute Gasteiger partial charge is 0.472 e. The van der Waals surface area contributed by atoms with Crippen molar-refractivity contribution in [3.8, 4) is 0 Å². The monoisotopic (exact) mass is 993 g/mol. The zero-order chi connectivity index (χ0) is 51.3. The first-order valence-corrected chi connectivity index (χ1v) is 28.4. The Morgan fingerprint density at radius 1 is 0.457 bits per heavy atom. The molecule has 0 aromatic heterocycles. The Labute approximate surface area is 428 Å². The number of phosphoric ester groups is 1. The van der Waals surface area contributed by atoms with Crippen molar-refractivity contribution in [2.24, 2.45) is 0 Å². The van der Waals surface area contributed by atoms with E-state index in [4.69, 9.17) is 18.5 Å². The van der Waals surface area contributed by atoms with Crippen LogP contribution in [0.5, 0.6) is 0 Å². The van der Waals surface area contributed by atoms with Crippen LogP contribution in [-0.2, 0) is 32.7 Å². The molecule has 0 spiro atoms. The third-order valence-electron chi connectivity index (χ3n) is 10.7. The molecule has 0 aliphatic heterocycles. The molecule has 396 valence electrons. The molecule has 1 N–H and O–H groups in total. The van der Waals surface area contributed by atoms with E-state index in [1.54, 1.807) is 6.08 Å². The third-order valence-corrected chi connectivity index (χ3v) is 11.7. The standard InChI is InChI=1S/C60H98NO8P/c1-6-8-10-12-14-16-18-20-22-23-24-25-26-27-28-29-30-31-32-33-34-35-36-37-39-41-43-45-47-49-51-53-60(63)69-58(57-68-70(64,65)67-55-54-61(3,4)5)56-66-59(62)52-50-48-46-44-42-40-38-21-19-17-15-13-11-9-7-2/h8-11,14-17,20-22,24-25,27-28,30-31,38,42,44,48,50,58H,6-7,12-13,18-19,23,26,29,32-37,39-41,43,45-47,49,51-57H2,1-5H3/p+1/b10-8-,11-9-,16-14-,17-15-,22-20-,25-24-,28-27-,31-30-,38-21-,44-42-,50-48-. The average molecular weight is 993 g/mol. The lowest BCUT2D eigenvalue weighted by Crippen LogP contribution is -2.37. The number of nitrogens with zero attached hydrogens (tertiary/aromatic N) is 1. The van der Waals surface area contributed by atoms with E-state index < -0.39 is 32.5 Å². The van der Waals surface area contributed by atoms with Crippen molar-refractivity contribution in [1.82, 2.24) is 0 Å². The summed E-state index contributed by atoms with van der Waals surface area (Å²) in [5.41, 5.74) is 0. The average Bonchev–Trinajstić information content (AvgIpc) is 3.32. The molecule has 0 rings (SSSR count). The highest BCUT2D eigenvalue weighted by molar-refractivity contribution is 7.47. The normalized spacial score (nSPS) is 14.4. The number of unbranched alkanes of at least 4 members (excludes halogenated alkanes) is 12. The molecule has 0 aromatic rings. The molecular weight excluding hydrogens is 894 g/mol. The summed E-state index contributed by atoms with van der Waals surface area (Å²) >= 11 is 0. The fraction of sp³-hybridized carbons (Fsp3) is 0.600. The maximum Gasteiger partial charge on any atom is 0.472 e. The highest BCUT2D eigenvalue weighted by atomic mass is 31.2. The van der Waals surface area contributed by atoms with Crippen LogP contribution in [-0.4, -0.2) is 74.9 Å². The van der Waals surface area contributed by atoms with E-state index in [0.29, 0.717) is 23.9 Å². The number of ether oxygens (including phenoxy) is 2. The molecule has 2 atom stereocenters. The molecule has 0 aromatic carbocycles. The van der Waals surface area contributed by atoms with Crippen LogP contribution in [0.2, 0.25) is 0 Å². The van der Waals surface area contributed by atoms with E-state index in [9.17, 15) is 19.0 Å². The summed E-state index contributed by atoms with van der Waals surface area (Å²) in [4.78, 5) is 35.5. The zero-order valence-corrected chi connectivity index (χ0v) is 45.6. The molecule has 0 amide bonds. The van der Waals surface area contributed by atoms with Crippen LogP contribution in [0.3, 0.4) is 0 Å². The number of rotatable bonds is 47. The van der Waals surface area contributed by atoms with Crippen molar-refractivity contribution in [3.05, 3.63) is 134 Å². The number of carbonyl (C=O) groups excluding carboxylic acids is 2. The Bertz CT molecular complexity index is 1640. The van der Waals surface area contributed by atoms with Gasteiger partial charge in [-0.2, -0.15) is 0 Å². The van der Waals surface area contributed by atoms with Crippen LogP contribution in [0.1, 0.15) is 181 Å². The van der Waals surface area contributed by atoms with Crippen LogP contribution in [0.4, 0.5) is 0 Å². The van der Waals surface area contributed by atoms with Gasteiger partial charge in [-0.25, -0.2) is 4.57 Å². The van der Waals surface area contributed by atoms with E-state index >= 15 is 0 Å². The van der Waals surface area contributed by atoms with E-state index in [1.165, 1.54) is 57.8 Å². The van der Waals surface area contributed by atoms with Crippen LogP contribution >= 0.6 is 7.82 Å². The van der Waals surface area contributed by atoms with Crippen LogP contribution in [0, 0.1) is 0 Å². The molecule has 0 aliphatic carbocycles. The van der Waals surface area contributed by atoms with Gasteiger partial charge < -0.3 is 18.9 Å². The molecule has 70 heavy (non-hydrogen) atoms. The number of hydrogen-bond donors (Lipinski definition) is 1. The van der Waals surface area contributed by atoms with Gasteiger partial charge in [-0.15, -0.1) is 0 Å². The molecule has 0 fully saturated rings. The highest BCUT2D eigenvalue weighted by Crippen LogP contribution is 2.43. The molecule has 0 saturated heterocycles. The van der Waals surface area contributed by atoms with Crippen LogP contribution in [0.25, 0.3) is 0 Å². The second kappa shape index (κ2) is 50.1. The first kappa shape index (κ1) is 66.2. The van der Waals surface area contributed by atoms with E-state index in [-0.39, 0.29) is 26.1 Å². The second-order valence-electron chi connectivity index (χ2n) is 18.5. The number of allylic oxidation sites excluding steroid dienone is 21. The van der Waals surface area contributed by atoms with E-state index in [0.717, 1.165) is 83.5 Å². The molecule has 2 unspecified atom stereocenters. The number of likely N-dealkylation sites (N-methyl/N-ethyl adjacent to an activating group) is 1. The molecule has 0 bridgehead atoms. The topological polar surface area (TPSA) is 108 Å². The minimum absolute atomic E-state index is 0.0107. The predicted molar refractivity (Wildman–Crippen MR) is 297 cm³/mol. The van der Waals surface area contributed by atoms with Crippen molar-refractivity contribution in [2.45, 2.75) is 187 Å².